The van der Waals surface area contributed by atoms with Gasteiger partial charge in [-0.25, -0.2) is 0 Å². The lowest BCUT2D eigenvalue weighted by atomic mass is 10.1. The minimum atomic E-state index is -0.267. The Balaban J connectivity index is 2.23. The number of methoxy groups -OCH3 is 1. The molecule has 0 unspecified atom stereocenters. The van der Waals surface area contributed by atoms with E-state index in [2.05, 4.69) is 10.4 Å². The molecule has 0 saturated carbocycles. The first-order chi connectivity index (χ1) is 9.01. The molecule has 6 nitrogen and oxygen atoms in total. The Morgan fingerprint density at radius 1 is 1.47 bits per heavy atom. The van der Waals surface area contributed by atoms with E-state index in [0.29, 0.717) is 22.7 Å². The maximum atomic E-state index is 12.1. The lowest BCUT2D eigenvalue weighted by molar-refractivity contribution is 0.102. The molecule has 0 spiro atoms. The van der Waals surface area contributed by atoms with E-state index >= 15 is 0 Å². The fourth-order valence-corrected chi connectivity index (χ4v) is 1.79. The van der Waals surface area contributed by atoms with E-state index in [1.165, 1.54) is 0 Å². The Kier molecular flexibility index (Phi) is 3.41. The number of benzene rings is 1. The Hall–Kier alpha value is -2.50. The van der Waals surface area contributed by atoms with Crippen LogP contribution >= 0.6 is 0 Å². The second kappa shape index (κ2) is 5.01. The SMILES string of the molecule is COc1ccc(C(=O)Nc2cn(C)nc2C)c(N)c1. The van der Waals surface area contributed by atoms with E-state index in [9.17, 15) is 4.79 Å². The van der Waals surface area contributed by atoms with Gasteiger partial charge in [0, 0.05) is 25.0 Å². The van der Waals surface area contributed by atoms with E-state index in [4.69, 9.17) is 10.5 Å². The third kappa shape index (κ3) is 2.67. The summed E-state index contributed by atoms with van der Waals surface area (Å²) in [5, 5.41) is 6.94. The highest BCUT2D eigenvalue weighted by Crippen LogP contribution is 2.21. The predicted octanol–water partition coefficient (Wildman–Crippen LogP) is 1.57. The second-order valence-electron chi connectivity index (χ2n) is 4.21. The first kappa shape index (κ1) is 12.9. The molecule has 0 saturated heterocycles. The molecule has 19 heavy (non-hydrogen) atoms. The van der Waals surface area contributed by atoms with Crippen LogP contribution in [0.25, 0.3) is 0 Å². The maximum absolute atomic E-state index is 12.1. The number of carbonyl (C=O) groups excluding carboxylic acids is 1. The van der Waals surface area contributed by atoms with Crippen molar-refractivity contribution in [3.05, 3.63) is 35.7 Å². The van der Waals surface area contributed by atoms with Gasteiger partial charge in [-0.1, -0.05) is 0 Å². The predicted molar refractivity (Wildman–Crippen MR) is 73.3 cm³/mol. The van der Waals surface area contributed by atoms with Gasteiger partial charge in [-0.15, -0.1) is 0 Å². The van der Waals surface area contributed by atoms with Gasteiger partial charge in [0.15, 0.2) is 0 Å². The van der Waals surface area contributed by atoms with E-state index < -0.39 is 0 Å². The van der Waals surface area contributed by atoms with Crippen molar-refractivity contribution in [2.45, 2.75) is 6.92 Å². The molecule has 1 amide bonds. The fourth-order valence-electron chi connectivity index (χ4n) is 1.79. The summed E-state index contributed by atoms with van der Waals surface area (Å²) in [6, 6.07) is 4.95. The summed E-state index contributed by atoms with van der Waals surface area (Å²) in [5.74, 6) is 0.350. The zero-order chi connectivity index (χ0) is 14.0. The van der Waals surface area contributed by atoms with E-state index in [1.54, 1.807) is 43.2 Å². The number of nitrogen functional groups attached to an aromatic ring is 1. The standard InChI is InChI=1S/C13H16N4O2/c1-8-12(7-17(2)16-8)15-13(18)10-5-4-9(19-3)6-11(10)14/h4-7H,14H2,1-3H3,(H,15,18). The molecule has 1 heterocycles. The van der Waals surface area contributed by atoms with Gasteiger partial charge < -0.3 is 15.8 Å². The molecule has 0 aliphatic carbocycles. The third-order valence-electron chi connectivity index (χ3n) is 2.77. The smallest absolute Gasteiger partial charge is 0.257 e. The van der Waals surface area contributed by atoms with Gasteiger partial charge >= 0.3 is 0 Å². The van der Waals surface area contributed by atoms with Crippen molar-refractivity contribution in [2.75, 3.05) is 18.2 Å². The topological polar surface area (TPSA) is 82.2 Å². The first-order valence-electron chi connectivity index (χ1n) is 5.76. The van der Waals surface area contributed by atoms with Gasteiger partial charge in [0.1, 0.15) is 5.75 Å². The summed E-state index contributed by atoms with van der Waals surface area (Å²) in [5.41, 5.74) is 8.04. The highest BCUT2D eigenvalue weighted by Gasteiger charge is 2.13. The first-order valence-corrected chi connectivity index (χ1v) is 5.76. The largest absolute Gasteiger partial charge is 0.497 e. The molecule has 0 radical (unpaired) electrons. The molecule has 0 atom stereocenters. The van der Waals surface area contributed by atoms with Crippen LogP contribution < -0.4 is 15.8 Å². The molecule has 2 aromatic rings. The molecule has 0 bridgehead atoms. The van der Waals surface area contributed by atoms with Crippen molar-refractivity contribution in [3.8, 4) is 5.75 Å². The number of aromatic nitrogens is 2. The van der Waals surface area contributed by atoms with Crippen LogP contribution in [0.4, 0.5) is 11.4 Å². The number of nitrogens with zero attached hydrogens (tertiary/aromatic N) is 2. The van der Waals surface area contributed by atoms with Gasteiger partial charge in [-0.3, -0.25) is 9.48 Å². The van der Waals surface area contributed by atoms with Crippen LogP contribution in [-0.4, -0.2) is 22.8 Å². The molecule has 1 aromatic carbocycles. The molecule has 0 fully saturated rings. The van der Waals surface area contributed by atoms with E-state index in [1.807, 2.05) is 6.92 Å². The molecule has 3 N–H and O–H groups in total. The van der Waals surface area contributed by atoms with Crippen LogP contribution in [0.2, 0.25) is 0 Å². The van der Waals surface area contributed by atoms with Crippen LogP contribution in [0.1, 0.15) is 16.1 Å². The highest BCUT2D eigenvalue weighted by molar-refractivity contribution is 6.08. The van der Waals surface area contributed by atoms with Crippen LogP contribution in [0.5, 0.6) is 5.75 Å². The molecule has 2 rings (SSSR count). The van der Waals surface area contributed by atoms with Gasteiger partial charge in [0.05, 0.1) is 24.1 Å². The van der Waals surface area contributed by atoms with Crippen molar-refractivity contribution in [1.29, 1.82) is 0 Å². The minimum Gasteiger partial charge on any atom is -0.497 e. The average molecular weight is 260 g/mol. The zero-order valence-corrected chi connectivity index (χ0v) is 11.1. The Morgan fingerprint density at radius 3 is 2.74 bits per heavy atom. The van der Waals surface area contributed by atoms with Crippen LogP contribution in [0.15, 0.2) is 24.4 Å². The molecule has 100 valence electrons. The molecule has 1 aromatic heterocycles. The van der Waals surface area contributed by atoms with Gasteiger partial charge in [0.25, 0.3) is 5.91 Å². The van der Waals surface area contributed by atoms with Crippen molar-refractivity contribution >= 4 is 17.3 Å². The van der Waals surface area contributed by atoms with E-state index in [0.717, 1.165) is 5.69 Å². The van der Waals surface area contributed by atoms with Crippen LogP contribution in [0, 0.1) is 6.92 Å². The molecule has 0 aliphatic heterocycles. The third-order valence-corrected chi connectivity index (χ3v) is 2.77. The summed E-state index contributed by atoms with van der Waals surface area (Å²) in [4.78, 5) is 12.1. The van der Waals surface area contributed by atoms with Gasteiger partial charge in [-0.2, -0.15) is 5.10 Å². The van der Waals surface area contributed by atoms with Crippen molar-refractivity contribution in [1.82, 2.24) is 9.78 Å². The number of nitrogens with two attached hydrogens (primary N) is 1. The summed E-state index contributed by atoms with van der Waals surface area (Å²) in [6.07, 6.45) is 1.74. The molecular formula is C13H16N4O2. The van der Waals surface area contributed by atoms with Crippen molar-refractivity contribution < 1.29 is 9.53 Å². The Bertz CT molecular complexity index is 619. The van der Waals surface area contributed by atoms with E-state index in [-0.39, 0.29) is 5.91 Å². The number of aryl methyl sites for hydroxylation is 2. The monoisotopic (exact) mass is 260 g/mol. The Morgan fingerprint density at radius 2 is 2.21 bits per heavy atom. The number of hydrogen-bond acceptors (Lipinski definition) is 4. The normalized spacial score (nSPS) is 10.3. The summed E-state index contributed by atoms with van der Waals surface area (Å²) < 4.78 is 6.69. The zero-order valence-electron chi connectivity index (χ0n) is 11.1. The number of ether oxygens (including phenoxy) is 1. The second-order valence-corrected chi connectivity index (χ2v) is 4.21. The number of amides is 1. The summed E-state index contributed by atoms with van der Waals surface area (Å²) >= 11 is 0. The summed E-state index contributed by atoms with van der Waals surface area (Å²) in [7, 11) is 3.35. The maximum Gasteiger partial charge on any atom is 0.257 e. The molecular weight excluding hydrogens is 244 g/mol. The highest BCUT2D eigenvalue weighted by atomic mass is 16.5. The van der Waals surface area contributed by atoms with Gasteiger partial charge in [-0.05, 0) is 19.1 Å². The number of nitrogens with one attached hydrogen (secondary N) is 1. The van der Waals surface area contributed by atoms with Crippen LogP contribution in [0.3, 0.4) is 0 Å². The lowest BCUT2D eigenvalue weighted by Crippen LogP contribution is -2.14. The number of rotatable bonds is 3. The number of anilines is 2. The summed E-state index contributed by atoms with van der Waals surface area (Å²) in [6.45, 7) is 1.83. The Labute approximate surface area is 111 Å². The van der Waals surface area contributed by atoms with Crippen molar-refractivity contribution in [2.24, 2.45) is 7.05 Å². The quantitative estimate of drug-likeness (QED) is 0.821. The van der Waals surface area contributed by atoms with Crippen molar-refractivity contribution in [3.63, 3.8) is 0 Å². The number of hydrogen-bond donors (Lipinski definition) is 2. The molecule has 6 heteroatoms. The van der Waals surface area contributed by atoms with Gasteiger partial charge in [0.2, 0.25) is 0 Å². The lowest BCUT2D eigenvalue weighted by Gasteiger charge is -2.08. The average Bonchev–Trinajstić information content (AvgIpc) is 2.67. The molecule has 0 aliphatic rings. The van der Waals surface area contributed by atoms with Crippen LogP contribution in [-0.2, 0) is 7.05 Å². The minimum absolute atomic E-state index is 0.267. The fraction of sp³-hybridized carbons (Fsp3) is 0.231. The number of carbonyl (C=O) groups is 1.